The van der Waals surface area contributed by atoms with Crippen molar-refractivity contribution in [1.82, 2.24) is 4.98 Å². The van der Waals surface area contributed by atoms with Crippen molar-refractivity contribution >= 4 is 22.1 Å². The van der Waals surface area contributed by atoms with Crippen LogP contribution in [0, 0.1) is 16.0 Å². The zero-order valence-electron chi connectivity index (χ0n) is 11.6. The average Bonchev–Trinajstić information content (AvgIpc) is 2.53. The number of rotatable bonds is 4. The molecule has 2 heterocycles. The molecule has 0 aliphatic carbocycles. The summed E-state index contributed by atoms with van der Waals surface area (Å²) in [5, 5.41) is 15.9. The van der Waals surface area contributed by atoms with Crippen LogP contribution in [0.3, 0.4) is 0 Å². The van der Waals surface area contributed by atoms with Crippen LogP contribution in [0.25, 0.3) is 10.8 Å². The number of anilines is 1. The number of nitrogens with one attached hydrogen (secondary N) is 1. The molecule has 0 bridgehead atoms. The van der Waals surface area contributed by atoms with Crippen molar-refractivity contribution in [3.05, 3.63) is 40.7 Å². The fourth-order valence-electron chi connectivity index (χ4n) is 2.69. The van der Waals surface area contributed by atoms with Crippen LogP contribution in [0.2, 0.25) is 0 Å². The average molecular weight is 287 g/mol. The second kappa shape index (κ2) is 6.05. The van der Waals surface area contributed by atoms with Crippen molar-refractivity contribution < 1.29 is 9.66 Å². The van der Waals surface area contributed by atoms with E-state index in [1.165, 1.54) is 0 Å². The summed E-state index contributed by atoms with van der Waals surface area (Å²) in [4.78, 5) is 14.8. The minimum absolute atomic E-state index is 0.115. The van der Waals surface area contributed by atoms with Gasteiger partial charge in [-0.3, -0.25) is 15.1 Å². The van der Waals surface area contributed by atoms with E-state index in [1.54, 1.807) is 30.6 Å². The van der Waals surface area contributed by atoms with Gasteiger partial charge >= 0.3 is 0 Å². The van der Waals surface area contributed by atoms with Crippen LogP contribution in [-0.4, -0.2) is 29.7 Å². The molecule has 0 unspecified atom stereocenters. The summed E-state index contributed by atoms with van der Waals surface area (Å²) in [6.45, 7) is 2.48. The van der Waals surface area contributed by atoms with Crippen molar-refractivity contribution in [3.63, 3.8) is 0 Å². The standard InChI is InChI=1S/C15H17N3O3/c19-18(20)15-2-1-14(13-10-16-6-3-12(13)15)17-9-11-4-7-21-8-5-11/h1-3,6,10-11,17H,4-5,7-9H2. The number of nitro groups is 1. The maximum absolute atomic E-state index is 11.1. The molecule has 6 heteroatoms. The highest BCUT2D eigenvalue weighted by Gasteiger charge is 2.16. The maximum atomic E-state index is 11.1. The van der Waals surface area contributed by atoms with E-state index in [4.69, 9.17) is 4.74 Å². The normalized spacial score (nSPS) is 16.0. The third-order valence-corrected chi connectivity index (χ3v) is 3.91. The van der Waals surface area contributed by atoms with Crippen LogP contribution in [0.4, 0.5) is 11.4 Å². The summed E-state index contributed by atoms with van der Waals surface area (Å²) < 4.78 is 5.35. The number of non-ortho nitro benzene ring substituents is 1. The molecule has 1 aliphatic heterocycles. The quantitative estimate of drug-likeness (QED) is 0.691. The van der Waals surface area contributed by atoms with E-state index in [-0.39, 0.29) is 10.6 Å². The predicted molar refractivity (Wildman–Crippen MR) is 80.4 cm³/mol. The van der Waals surface area contributed by atoms with Gasteiger partial charge in [-0.1, -0.05) is 0 Å². The number of fused-ring (bicyclic) bond motifs is 1. The minimum Gasteiger partial charge on any atom is -0.384 e. The van der Waals surface area contributed by atoms with Crippen LogP contribution < -0.4 is 5.32 Å². The van der Waals surface area contributed by atoms with Gasteiger partial charge in [0, 0.05) is 49.3 Å². The Labute approximate surface area is 122 Å². The third-order valence-electron chi connectivity index (χ3n) is 3.91. The smallest absolute Gasteiger partial charge is 0.277 e. The molecule has 1 N–H and O–H groups in total. The number of nitrogens with zero attached hydrogens (tertiary/aromatic N) is 2. The van der Waals surface area contributed by atoms with E-state index < -0.39 is 0 Å². The van der Waals surface area contributed by atoms with Gasteiger partial charge in [0.25, 0.3) is 5.69 Å². The maximum Gasteiger partial charge on any atom is 0.277 e. The highest BCUT2D eigenvalue weighted by Crippen LogP contribution is 2.31. The van der Waals surface area contributed by atoms with Crippen LogP contribution in [0.5, 0.6) is 0 Å². The first kappa shape index (κ1) is 13.8. The molecule has 21 heavy (non-hydrogen) atoms. The number of aromatic nitrogens is 1. The van der Waals surface area contributed by atoms with E-state index in [0.717, 1.165) is 43.7 Å². The molecule has 6 nitrogen and oxygen atoms in total. The Morgan fingerprint density at radius 1 is 1.29 bits per heavy atom. The van der Waals surface area contributed by atoms with Gasteiger partial charge in [-0.25, -0.2) is 0 Å². The van der Waals surface area contributed by atoms with E-state index >= 15 is 0 Å². The fraction of sp³-hybridized carbons (Fsp3) is 0.400. The lowest BCUT2D eigenvalue weighted by atomic mass is 10.00. The second-order valence-electron chi connectivity index (χ2n) is 5.25. The third kappa shape index (κ3) is 2.95. The minimum atomic E-state index is -0.357. The largest absolute Gasteiger partial charge is 0.384 e. The van der Waals surface area contributed by atoms with Gasteiger partial charge in [-0.05, 0) is 30.9 Å². The molecule has 0 amide bonds. The second-order valence-corrected chi connectivity index (χ2v) is 5.25. The van der Waals surface area contributed by atoms with Crippen molar-refractivity contribution in [2.75, 3.05) is 25.1 Å². The Morgan fingerprint density at radius 3 is 2.86 bits per heavy atom. The summed E-state index contributed by atoms with van der Waals surface area (Å²) in [6.07, 6.45) is 5.36. The van der Waals surface area contributed by atoms with E-state index in [1.807, 2.05) is 0 Å². The number of nitro benzene ring substituents is 1. The van der Waals surface area contributed by atoms with Gasteiger partial charge in [0.05, 0.1) is 10.3 Å². The first-order valence-electron chi connectivity index (χ1n) is 7.08. The van der Waals surface area contributed by atoms with Gasteiger partial charge in [0.1, 0.15) is 0 Å². The Bertz CT molecular complexity index is 654. The zero-order chi connectivity index (χ0) is 14.7. The number of benzene rings is 1. The highest BCUT2D eigenvalue weighted by molar-refractivity contribution is 5.99. The predicted octanol–water partition coefficient (Wildman–Crippen LogP) is 2.98. The van der Waals surface area contributed by atoms with Crippen LogP contribution in [-0.2, 0) is 4.74 Å². The number of ether oxygens (including phenoxy) is 1. The van der Waals surface area contributed by atoms with E-state index in [0.29, 0.717) is 11.3 Å². The van der Waals surface area contributed by atoms with E-state index in [9.17, 15) is 10.1 Å². The van der Waals surface area contributed by atoms with Crippen LogP contribution >= 0.6 is 0 Å². The molecule has 0 atom stereocenters. The van der Waals surface area contributed by atoms with Gasteiger partial charge in [0.15, 0.2) is 0 Å². The number of pyridine rings is 1. The van der Waals surface area contributed by atoms with Gasteiger partial charge < -0.3 is 10.1 Å². The Balaban J connectivity index is 1.85. The fourth-order valence-corrected chi connectivity index (χ4v) is 2.69. The summed E-state index contributed by atoms with van der Waals surface area (Å²) in [7, 11) is 0. The first-order valence-corrected chi connectivity index (χ1v) is 7.08. The molecule has 110 valence electrons. The lowest BCUT2D eigenvalue weighted by molar-refractivity contribution is -0.383. The van der Waals surface area contributed by atoms with Crippen molar-refractivity contribution in [2.24, 2.45) is 5.92 Å². The Hall–Kier alpha value is -2.21. The molecule has 1 aromatic heterocycles. The number of hydrogen-bond donors (Lipinski definition) is 1. The molecule has 3 rings (SSSR count). The molecule has 1 saturated heterocycles. The van der Waals surface area contributed by atoms with Crippen molar-refractivity contribution in [1.29, 1.82) is 0 Å². The monoisotopic (exact) mass is 287 g/mol. The topological polar surface area (TPSA) is 77.3 Å². The Kier molecular flexibility index (Phi) is 3.96. The van der Waals surface area contributed by atoms with Crippen molar-refractivity contribution in [3.8, 4) is 0 Å². The SMILES string of the molecule is O=[N+]([O-])c1ccc(NCC2CCOCC2)c2cnccc12. The molecule has 0 saturated carbocycles. The first-order chi connectivity index (χ1) is 10.3. The molecule has 0 radical (unpaired) electrons. The Morgan fingerprint density at radius 2 is 2.10 bits per heavy atom. The molecule has 0 spiro atoms. The summed E-state index contributed by atoms with van der Waals surface area (Å²) >= 11 is 0. The molecular weight excluding hydrogens is 270 g/mol. The van der Waals surface area contributed by atoms with Gasteiger partial charge in [0.2, 0.25) is 0 Å². The van der Waals surface area contributed by atoms with Gasteiger partial charge in [-0.2, -0.15) is 0 Å². The van der Waals surface area contributed by atoms with Gasteiger partial charge in [-0.15, -0.1) is 0 Å². The summed E-state index contributed by atoms with van der Waals surface area (Å²) in [5.74, 6) is 0.584. The molecule has 1 aromatic carbocycles. The summed E-state index contributed by atoms with van der Waals surface area (Å²) in [5.41, 5.74) is 1.01. The van der Waals surface area contributed by atoms with E-state index in [2.05, 4.69) is 10.3 Å². The lowest BCUT2D eigenvalue weighted by Gasteiger charge is -2.23. The highest BCUT2D eigenvalue weighted by atomic mass is 16.6. The van der Waals surface area contributed by atoms with Crippen LogP contribution in [0.1, 0.15) is 12.8 Å². The molecule has 2 aromatic rings. The molecule has 1 fully saturated rings. The zero-order valence-corrected chi connectivity index (χ0v) is 11.6. The molecular formula is C15H17N3O3. The molecule has 1 aliphatic rings. The van der Waals surface area contributed by atoms with Crippen molar-refractivity contribution in [2.45, 2.75) is 12.8 Å². The van der Waals surface area contributed by atoms with Crippen LogP contribution in [0.15, 0.2) is 30.6 Å². The summed E-state index contributed by atoms with van der Waals surface area (Å²) in [6, 6.07) is 5.00. The lowest BCUT2D eigenvalue weighted by Crippen LogP contribution is -2.22. The number of hydrogen-bond acceptors (Lipinski definition) is 5.